The van der Waals surface area contributed by atoms with Gasteiger partial charge in [0, 0.05) is 0 Å². The van der Waals surface area contributed by atoms with Crippen molar-refractivity contribution in [2.24, 2.45) is 0 Å². The van der Waals surface area contributed by atoms with E-state index in [1.165, 1.54) is 0 Å². The maximum Gasteiger partial charge on any atom is 0.325 e. The van der Waals surface area contributed by atoms with Crippen LogP contribution in [0.1, 0.15) is 25.7 Å². The molecule has 3 amide bonds. The number of hydrogen-bond acceptors (Lipinski definition) is 4. The number of aliphatic hydroxyl groups excluding tert-OH is 1. The molecule has 2 aliphatic rings. The van der Waals surface area contributed by atoms with Crippen LogP contribution in [0.2, 0.25) is 0 Å². The Bertz CT molecular complexity index is 555. The third kappa shape index (κ3) is 2.78. The Balaban J connectivity index is 1.56. The Morgan fingerprint density at radius 3 is 2.59 bits per heavy atom. The first-order chi connectivity index (χ1) is 10.6. The summed E-state index contributed by atoms with van der Waals surface area (Å²) in [5.41, 5.74) is -0.725. The van der Waals surface area contributed by atoms with E-state index >= 15 is 0 Å². The molecule has 1 saturated carbocycles. The molecule has 118 valence electrons. The van der Waals surface area contributed by atoms with Gasteiger partial charge < -0.3 is 15.2 Å². The molecule has 3 rings (SSSR count). The Morgan fingerprint density at radius 1 is 1.23 bits per heavy atom. The van der Waals surface area contributed by atoms with Crippen molar-refractivity contribution >= 4 is 11.9 Å². The zero-order valence-corrected chi connectivity index (χ0v) is 12.3. The molecule has 1 aromatic rings. The first kappa shape index (κ1) is 14.8. The normalized spacial score (nSPS) is 21.2. The number of hydrogen-bond donors (Lipinski definition) is 2. The quantitative estimate of drug-likeness (QED) is 0.804. The number of nitrogens with zero attached hydrogens (tertiary/aromatic N) is 1. The number of para-hydroxylation sites is 1. The second-order valence-corrected chi connectivity index (χ2v) is 5.91. The number of carbonyl (C=O) groups is 2. The first-order valence-corrected chi connectivity index (χ1v) is 7.61. The van der Waals surface area contributed by atoms with Gasteiger partial charge in [0.25, 0.3) is 5.91 Å². The van der Waals surface area contributed by atoms with Crippen molar-refractivity contribution in [3.8, 4) is 5.75 Å². The van der Waals surface area contributed by atoms with Gasteiger partial charge in [-0.25, -0.2) is 4.79 Å². The van der Waals surface area contributed by atoms with Crippen LogP contribution < -0.4 is 10.1 Å². The topological polar surface area (TPSA) is 78.9 Å². The summed E-state index contributed by atoms with van der Waals surface area (Å²) in [7, 11) is 0. The van der Waals surface area contributed by atoms with Crippen LogP contribution in [0.4, 0.5) is 4.79 Å². The van der Waals surface area contributed by atoms with Crippen LogP contribution in [-0.4, -0.2) is 46.7 Å². The Morgan fingerprint density at radius 2 is 1.91 bits per heavy atom. The fourth-order valence-electron chi connectivity index (χ4n) is 3.13. The minimum absolute atomic E-state index is 0.0358. The van der Waals surface area contributed by atoms with Crippen LogP contribution >= 0.6 is 0 Å². The lowest BCUT2D eigenvalue weighted by molar-refractivity contribution is -0.132. The summed E-state index contributed by atoms with van der Waals surface area (Å²) in [5.74, 6) is 0.430. The van der Waals surface area contributed by atoms with Gasteiger partial charge in [0.1, 0.15) is 24.0 Å². The third-order valence-corrected chi connectivity index (χ3v) is 4.28. The van der Waals surface area contributed by atoms with Gasteiger partial charge in [0.2, 0.25) is 0 Å². The van der Waals surface area contributed by atoms with Gasteiger partial charge >= 0.3 is 6.03 Å². The van der Waals surface area contributed by atoms with Crippen molar-refractivity contribution in [1.29, 1.82) is 0 Å². The highest BCUT2D eigenvalue weighted by atomic mass is 16.5. The van der Waals surface area contributed by atoms with Crippen molar-refractivity contribution in [2.75, 3.05) is 13.2 Å². The van der Waals surface area contributed by atoms with E-state index in [9.17, 15) is 14.7 Å². The van der Waals surface area contributed by atoms with E-state index in [-0.39, 0.29) is 19.1 Å². The fraction of sp³-hybridized carbons (Fsp3) is 0.500. The molecule has 1 atom stereocenters. The van der Waals surface area contributed by atoms with Crippen molar-refractivity contribution in [3.63, 3.8) is 0 Å². The fourth-order valence-corrected chi connectivity index (χ4v) is 3.13. The minimum Gasteiger partial charge on any atom is -0.491 e. The Labute approximate surface area is 129 Å². The largest absolute Gasteiger partial charge is 0.491 e. The van der Waals surface area contributed by atoms with Crippen LogP contribution in [0.3, 0.4) is 0 Å². The summed E-state index contributed by atoms with van der Waals surface area (Å²) < 4.78 is 5.45. The van der Waals surface area contributed by atoms with Crippen molar-refractivity contribution in [1.82, 2.24) is 10.2 Å². The number of carbonyl (C=O) groups excluding carboxylic acids is 2. The summed E-state index contributed by atoms with van der Waals surface area (Å²) in [4.78, 5) is 25.6. The van der Waals surface area contributed by atoms with Gasteiger partial charge in [0.15, 0.2) is 0 Å². The molecule has 6 nitrogen and oxygen atoms in total. The van der Waals surface area contributed by atoms with E-state index in [1.807, 2.05) is 18.2 Å². The molecule has 0 radical (unpaired) electrons. The van der Waals surface area contributed by atoms with Gasteiger partial charge in [-0.05, 0) is 25.0 Å². The minimum atomic E-state index is -0.911. The van der Waals surface area contributed by atoms with Gasteiger partial charge in [-0.15, -0.1) is 0 Å². The molecule has 22 heavy (non-hydrogen) atoms. The number of urea groups is 1. The van der Waals surface area contributed by atoms with Crippen LogP contribution in [0.25, 0.3) is 0 Å². The first-order valence-electron chi connectivity index (χ1n) is 7.61. The number of imide groups is 1. The van der Waals surface area contributed by atoms with Gasteiger partial charge in [-0.3, -0.25) is 9.69 Å². The highest BCUT2D eigenvalue weighted by Crippen LogP contribution is 2.35. The number of β-amino-alcohol motifs (C(OH)–C–C–N with tert-alkyl or cyclic N) is 1. The van der Waals surface area contributed by atoms with E-state index in [2.05, 4.69) is 5.32 Å². The predicted octanol–water partition coefficient (Wildman–Crippen LogP) is 1.29. The van der Waals surface area contributed by atoms with Crippen molar-refractivity contribution < 1.29 is 19.4 Å². The van der Waals surface area contributed by atoms with E-state index in [4.69, 9.17) is 4.74 Å². The van der Waals surface area contributed by atoms with E-state index < -0.39 is 17.7 Å². The van der Waals surface area contributed by atoms with E-state index in [1.54, 1.807) is 12.1 Å². The molecule has 1 aliphatic carbocycles. The number of ether oxygens (including phenoxy) is 1. The molecule has 1 saturated heterocycles. The van der Waals surface area contributed by atoms with Gasteiger partial charge in [-0.1, -0.05) is 31.0 Å². The summed E-state index contributed by atoms with van der Waals surface area (Å²) in [6, 6.07) is 8.71. The van der Waals surface area contributed by atoms with Crippen molar-refractivity contribution in [2.45, 2.75) is 37.3 Å². The number of aliphatic hydroxyl groups is 1. The molecule has 1 aliphatic heterocycles. The Kier molecular flexibility index (Phi) is 4.02. The lowest BCUT2D eigenvalue weighted by atomic mass is 9.98. The number of rotatable bonds is 5. The molecule has 0 bridgehead atoms. The lowest BCUT2D eigenvalue weighted by Gasteiger charge is -2.21. The lowest BCUT2D eigenvalue weighted by Crippen LogP contribution is -2.45. The average Bonchev–Trinajstić information content (AvgIpc) is 3.08. The van der Waals surface area contributed by atoms with Crippen molar-refractivity contribution in [3.05, 3.63) is 30.3 Å². The maximum atomic E-state index is 12.4. The SMILES string of the molecule is O=C1NC2(CCCC2)C(=O)N1C[C@@H](O)COc1ccccc1. The zero-order valence-electron chi connectivity index (χ0n) is 12.3. The Hall–Kier alpha value is -2.08. The molecule has 2 fully saturated rings. The standard InChI is InChI=1S/C16H20N2O4/c19-12(11-22-13-6-2-1-3-7-13)10-18-14(20)16(17-15(18)21)8-4-5-9-16/h1-3,6-7,12,19H,4-5,8-11H2,(H,17,21)/t12-/m1/s1. The third-order valence-electron chi connectivity index (χ3n) is 4.28. The molecule has 0 unspecified atom stereocenters. The summed E-state index contributed by atoms with van der Waals surface area (Å²) >= 11 is 0. The summed E-state index contributed by atoms with van der Waals surface area (Å²) in [5, 5.41) is 12.8. The van der Waals surface area contributed by atoms with E-state index in [0.717, 1.165) is 17.7 Å². The highest BCUT2D eigenvalue weighted by molar-refractivity contribution is 6.07. The number of amides is 3. The highest BCUT2D eigenvalue weighted by Gasteiger charge is 2.52. The molecular weight excluding hydrogens is 284 g/mol. The van der Waals surface area contributed by atoms with Crippen LogP contribution in [0, 0.1) is 0 Å². The van der Waals surface area contributed by atoms with Crippen LogP contribution in [0.5, 0.6) is 5.75 Å². The number of nitrogens with one attached hydrogen (secondary N) is 1. The second-order valence-electron chi connectivity index (χ2n) is 5.91. The maximum absolute atomic E-state index is 12.4. The zero-order chi connectivity index (χ0) is 15.6. The van der Waals surface area contributed by atoms with Gasteiger partial charge in [0.05, 0.1) is 6.54 Å². The van der Waals surface area contributed by atoms with Gasteiger partial charge in [-0.2, -0.15) is 0 Å². The van der Waals surface area contributed by atoms with E-state index in [0.29, 0.717) is 18.6 Å². The molecule has 0 aromatic heterocycles. The monoisotopic (exact) mass is 304 g/mol. The number of benzene rings is 1. The molecular formula is C16H20N2O4. The molecule has 1 heterocycles. The van der Waals surface area contributed by atoms with Crippen LogP contribution in [0.15, 0.2) is 30.3 Å². The average molecular weight is 304 g/mol. The second kappa shape index (κ2) is 5.96. The summed E-state index contributed by atoms with van der Waals surface area (Å²) in [6.07, 6.45) is 2.35. The predicted molar refractivity (Wildman–Crippen MR) is 79.4 cm³/mol. The molecule has 6 heteroatoms. The summed E-state index contributed by atoms with van der Waals surface area (Å²) in [6.45, 7) is -0.00662. The molecule has 2 N–H and O–H groups in total. The molecule has 1 spiro atoms. The molecule has 1 aromatic carbocycles. The smallest absolute Gasteiger partial charge is 0.325 e. The van der Waals surface area contributed by atoms with Crippen LogP contribution in [-0.2, 0) is 4.79 Å².